The predicted molar refractivity (Wildman–Crippen MR) is 114 cm³/mol. The molecule has 176 valence electrons. The number of nitrogens with one attached hydrogen (secondary N) is 1. The number of rotatable bonds is 4. The normalized spacial score (nSPS) is 22.4. The highest BCUT2D eigenvalue weighted by Gasteiger charge is 2.46. The van der Waals surface area contributed by atoms with Gasteiger partial charge in [0.25, 0.3) is 11.8 Å². The van der Waals surface area contributed by atoms with E-state index in [1.54, 1.807) is 19.1 Å². The Balaban J connectivity index is 1.63. The molecule has 2 aromatic rings. The van der Waals surface area contributed by atoms with Gasteiger partial charge in [0.15, 0.2) is 11.4 Å². The second-order valence-electron chi connectivity index (χ2n) is 8.64. The number of pyridine rings is 1. The quantitative estimate of drug-likeness (QED) is 0.727. The maximum Gasteiger partial charge on any atom is 0.274 e. The van der Waals surface area contributed by atoms with E-state index in [1.165, 1.54) is 16.8 Å². The van der Waals surface area contributed by atoms with Crippen molar-refractivity contribution in [3.8, 4) is 5.75 Å². The Bertz CT molecular complexity index is 1170. The fourth-order valence-corrected chi connectivity index (χ4v) is 4.75. The van der Waals surface area contributed by atoms with Gasteiger partial charge in [0.05, 0.1) is 11.6 Å². The minimum absolute atomic E-state index is 0.0395. The Morgan fingerprint density at radius 3 is 2.61 bits per heavy atom. The van der Waals surface area contributed by atoms with Crippen molar-refractivity contribution < 1.29 is 28.2 Å². The summed E-state index contributed by atoms with van der Waals surface area (Å²) < 4.78 is 33.8. The third-order valence-corrected chi connectivity index (χ3v) is 6.84. The summed E-state index contributed by atoms with van der Waals surface area (Å²) in [6.07, 6.45) is 4.23. The zero-order valence-electron chi connectivity index (χ0n) is 18.4. The smallest absolute Gasteiger partial charge is 0.274 e. The number of hydrogen-bond donors (Lipinski definition) is 2. The standard InChI is InChI=1S/C23H25F2N3O5/c1-27-22(32)18-20(30)19(29)16(21(31)26-10-13-3-4-14(24)9-17(13)25)11-28(18)12-23(27)7-5-15(33-2)6-8-23/h3-4,9,11,15,30H,5-8,10,12H2,1-2H3,(H,26,31). The largest absolute Gasteiger partial charge is 0.503 e. The number of methoxy groups -OCH3 is 1. The highest BCUT2D eigenvalue weighted by Crippen LogP contribution is 2.40. The molecule has 1 aliphatic carbocycles. The Labute approximate surface area is 188 Å². The molecule has 2 N–H and O–H groups in total. The van der Waals surface area contributed by atoms with E-state index >= 15 is 0 Å². The van der Waals surface area contributed by atoms with Crippen molar-refractivity contribution >= 4 is 11.8 Å². The summed E-state index contributed by atoms with van der Waals surface area (Å²) in [5.41, 5.74) is -2.00. The molecule has 33 heavy (non-hydrogen) atoms. The molecule has 0 saturated heterocycles. The molecule has 0 bridgehead atoms. The van der Waals surface area contributed by atoms with Crippen LogP contribution in [0.25, 0.3) is 0 Å². The molecular formula is C23H25F2N3O5. The molecule has 1 aromatic carbocycles. The van der Waals surface area contributed by atoms with Gasteiger partial charge in [0.1, 0.15) is 17.2 Å². The van der Waals surface area contributed by atoms with E-state index in [0.29, 0.717) is 25.5 Å². The average Bonchev–Trinajstić information content (AvgIpc) is 2.79. The number of hydrogen-bond acceptors (Lipinski definition) is 5. The lowest BCUT2D eigenvalue weighted by atomic mass is 9.77. The molecule has 2 amide bonds. The number of fused-ring (bicyclic) bond motifs is 1. The Morgan fingerprint density at radius 2 is 1.97 bits per heavy atom. The van der Waals surface area contributed by atoms with Crippen LogP contribution >= 0.6 is 0 Å². The molecule has 0 atom stereocenters. The van der Waals surface area contributed by atoms with E-state index in [1.807, 2.05) is 0 Å². The maximum atomic E-state index is 13.9. The Kier molecular flexibility index (Phi) is 5.96. The SMILES string of the molecule is COC1CCC2(CC1)Cn1cc(C(=O)NCc3ccc(F)cc3F)c(=O)c(O)c1C(=O)N2C. The van der Waals surface area contributed by atoms with Crippen LogP contribution in [0.3, 0.4) is 0 Å². The topological polar surface area (TPSA) is 101 Å². The summed E-state index contributed by atoms with van der Waals surface area (Å²) in [5, 5.41) is 12.9. The number of halogens is 2. The minimum Gasteiger partial charge on any atom is -0.503 e. The van der Waals surface area contributed by atoms with Gasteiger partial charge in [-0.1, -0.05) is 6.07 Å². The van der Waals surface area contributed by atoms with Gasteiger partial charge in [-0.15, -0.1) is 0 Å². The van der Waals surface area contributed by atoms with Crippen molar-refractivity contribution in [1.82, 2.24) is 14.8 Å². The van der Waals surface area contributed by atoms with Crippen LogP contribution in [0.15, 0.2) is 29.2 Å². The molecule has 2 heterocycles. The number of likely N-dealkylation sites (N-methyl/N-ethyl adjacent to an activating group) is 1. The number of ether oxygens (including phenoxy) is 1. The summed E-state index contributed by atoms with van der Waals surface area (Å²) in [5.74, 6) is -3.70. The molecule has 10 heteroatoms. The van der Waals surface area contributed by atoms with E-state index in [9.17, 15) is 28.3 Å². The van der Waals surface area contributed by atoms with E-state index in [4.69, 9.17) is 4.74 Å². The first-order valence-corrected chi connectivity index (χ1v) is 10.7. The van der Waals surface area contributed by atoms with Crippen molar-refractivity contribution in [3.05, 3.63) is 63.1 Å². The number of nitrogens with zero attached hydrogens (tertiary/aromatic N) is 2. The van der Waals surface area contributed by atoms with Gasteiger partial charge in [-0.25, -0.2) is 8.78 Å². The van der Waals surface area contributed by atoms with Crippen LogP contribution in [0.5, 0.6) is 5.75 Å². The van der Waals surface area contributed by atoms with Gasteiger partial charge in [-0.3, -0.25) is 14.4 Å². The summed E-state index contributed by atoms with van der Waals surface area (Å²) in [6, 6.07) is 2.95. The fraction of sp³-hybridized carbons (Fsp3) is 0.435. The molecule has 4 rings (SSSR count). The van der Waals surface area contributed by atoms with Crippen LogP contribution in [0.1, 0.15) is 52.1 Å². The van der Waals surface area contributed by atoms with Crippen LogP contribution < -0.4 is 10.7 Å². The molecule has 0 radical (unpaired) electrons. The summed E-state index contributed by atoms with van der Waals surface area (Å²) in [4.78, 5) is 40.0. The molecule has 1 fully saturated rings. The second kappa shape index (κ2) is 8.58. The third kappa shape index (κ3) is 3.99. The van der Waals surface area contributed by atoms with Crippen LogP contribution in [-0.2, 0) is 17.8 Å². The minimum atomic E-state index is -0.987. The van der Waals surface area contributed by atoms with Crippen molar-refractivity contribution in [2.45, 2.75) is 50.4 Å². The van der Waals surface area contributed by atoms with Crippen LogP contribution in [0.4, 0.5) is 8.78 Å². The number of carbonyl (C=O) groups excluding carboxylic acids is 2. The van der Waals surface area contributed by atoms with Gasteiger partial charge in [-0.2, -0.15) is 0 Å². The van der Waals surface area contributed by atoms with Crippen LogP contribution in [0, 0.1) is 11.6 Å². The zero-order valence-corrected chi connectivity index (χ0v) is 18.4. The van der Waals surface area contributed by atoms with Crippen molar-refractivity contribution in [2.24, 2.45) is 0 Å². The summed E-state index contributed by atoms with van der Waals surface area (Å²) in [6.45, 7) is 0.0264. The van der Waals surface area contributed by atoms with Gasteiger partial charge in [0, 0.05) is 45.1 Å². The van der Waals surface area contributed by atoms with Crippen LogP contribution in [0.2, 0.25) is 0 Å². The zero-order chi connectivity index (χ0) is 23.9. The Hall–Kier alpha value is -3.27. The first kappa shape index (κ1) is 22.9. The first-order valence-electron chi connectivity index (χ1n) is 10.7. The van der Waals surface area contributed by atoms with E-state index in [2.05, 4.69) is 5.32 Å². The molecule has 2 aliphatic rings. The number of benzene rings is 1. The van der Waals surface area contributed by atoms with Gasteiger partial charge in [0.2, 0.25) is 5.43 Å². The number of aromatic hydroxyl groups is 1. The highest BCUT2D eigenvalue weighted by atomic mass is 19.1. The third-order valence-electron chi connectivity index (χ3n) is 6.84. The van der Waals surface area contributed by atoms with Crippen molar-refractivity contribution in [3.63, 3.8) is 0 Å². The van der Waals surface area contributed by atoms with Gasteiger partial charge < -0.3 is 24.6 Å². The lowest BCUT2D eigenvalue weighted by molar-refractivity contribution is -0.0120. The lowest BCUT2D eigenvalue weighted by Crippen LogP contribution is -2.59. The number of carbonyl (C=O) groups is 2. The van der Waals surface area contributed by atoms with Crippen molar-refractivity contribution in [2.75, 3.05) is 14.2 Å². The number of amides is 2. The molecule has 1 saturated carbocycles. The average molecular weight is 461 g/mol. The summed E-state index contributed by atoms with van der Waals surface area (Å²) in [7, 11) is 3.31. The van der Waals surface area contributed by atoms with Crippen LogP contribution in [-0.4, -0.2) is 52.2 Å². The first-order chi connectivity index (χ1) is 15.7. The molecule has 1 aromatic heterocycles. The molecule has 1 spiro atoms. The van der Waals surface area contributed by atoms with E-state index < -0.39 is 40.2 Å². The number of aromatic nitrogens is 1. The molecule has 8 nitrogen and oxygen atoms in total. The maximum absolute atomic E-state index is 13.9. The predicted octanol–water partition coefficient (Wildman–Crippen LogP) is 2.18. The lowest BCUT2D eigenvalue weighted by Gasteiger charge is -2.49. The van der Waals surface area contributed by atoms with E-state index in [0.717, 1.165) is 18.9 Å². The van der Waals surface area contributed by atoms with E-state index in [-0.39, 0.29) is 29.5 Å². The Morgan fingerprint density at radius 1 is 1.27 bits per heavy atom. The monoisotopic (exact) mass is 461 g/mol. The molecular weight excluding hydrogens is 436 g/mol. The fourth-order valence-electron chi connectivity index (χ4n) is 4.75. The van der Waals surface area contributed by atoms with Gasteiger partial charge >= 0.3 is 0 Å². The van der Waals surface area contributed by atoms with Crippen molar-refractivity contribution in [1.29, 1.82) is 0 Å². The second-order valence-corrected chi connectivity index (χ2v) is 8.64. The molecule has 1 aliphatic heterocycles. The highest BCUT2D eigenvalue weighted by molar-refractivity contribution is 5.99. The molecule has 0 unspecified atom stereocenters. The van der Waals surface area contributed by atoms with Gasteiger partial charge in [-0.05, 0) is 31.7 Å². The summed E-state index contributed by atoms with van der Waals surface area (Å²) >= 11 is 0.